The maximum atomic E-state index is 15.7. The average molecular weight is 543 g/mol. The molecule has 5 nitrogen and oxygen atoms in total. The highest BCUT2D eigenvalue weighted by Crippen LogP contribution is 2.31. The number of ether oxygens (including phenoxy) is 5. The van der Waals surface area contributed by atoms with E-state index in [1.807, 2.05) is 121 Å². The molecule has 1 heterocycles. The molecular formula is C34H35FO5. The first-order valence-electron chi connectivity index (χ1n) is 13.6. The first kappa shape index (κ1) is 28.1. The zero-order valence-electron chi connectivity index (χ0n) is 22.4. The van der Waals surface area contributed by atoms with Crippen LogP contribution in [0.25, 0.3) is 0 Å². The molecule has 40 heavy (non-hydrogen) atoms. The summed E-state index contributed by atoms with van der Waals surface area (Å²) < 4.78 is 46.6. The van der Waals surface area contributed by atoms with Gasteiger partial charge in [0.2, 0.25) is 6.36 Å². The Morgan fingerprint density at radius 1 is 0.475 bits per heavy atom. The van der Waals surface area contributed by atoms with Crippen molar-refractivity contribution in [3.63, 3.8) is 0 Å². The van der Waals surface area contributed by atoms with E-state index < -0.39 is 30.8 Å². The van der Waals surface area contributed by atoms with Gasteiger partial charge in [-0.3, -0.25) is 0 Å². The lowest BCUT2D eigenvalue weighted by atomic mass is 9.98. The number of rotatable bonds is 13. The lowest BCUT2D eigenvalue weighted by molar-refractivity contribution is -0.298. The molecule has 5 rings (SSSR count). The smallest absolute Gasteiger partial charge is 0.228 e. The van der Waals surface area contributed by atoms with Gasteiger partial charge in [0.25, 0.3) is 0 Å². The Kier molecular flexibility index (Phi) is 10.4. The van der Waals surface area contributed by atoms with Crippen LogP contribution < -0.4 is 0 Å². The molecular weight excluding hydrogens is 507 g/mol. The van der Waals surface area contributed by atoms with E-state index in [9.17, 15) is 0 Å². The van der Waals surface area contributed by atoms with Crippen LogP contribution in [-0.4, -0.2) is 37.4 Å². The molecule has 0 saturated carbocycles. The normalized spacial score (nSPS) is 22.7. The number of hydrogen-bond donors (Lipinski definition) is 0. The van der Waals surface area contributed by atoms with Crippen LogP contribution in [0.4, 0.5) is 4.39 Å². The van der Waals surface area contributed by atoms with Crippen molar-refractivity contribution in [3.8, 4) is 0 Å². The van der Waals surface area contributed by atoms with E-state index in [-0.39, 0.29) is 19.8 Å². The van der Waals surface area contributed by atoms with Crippen LogP contribution in [0.15, 0.2) is 121 Å². The fourth-order valence-electron chi connectivity index (χ4n) is 4.73. The summed E-state index contributed by atoms with van der Waals surface area (Å²) in [6, 6.07) is 39.2. The maximum absolute atomic E-state index is 15.7. The first-order chi connectivity index (χ1) is 19.8. The second-order valence-electron chi connectivity index (χ2n) is 9.81. The molecule has 6 heteroatoms. The quantitative estimate of drug-likeness (QED) is 0.189. The Balaban J connectivity index is 1.36. The molecule has 0 aromatic heterocycles. The highest BCUT2D eigenvalue weighted by molar-refractivity contribution is 5.16. The molecule has 1 aliphatic rings. The van der Waals surface area contributed by atoms with Gasteiger partial charge in [0.15, 0.2) is 0 Å². The van der Waals surface area contributed by atoms with Crippen molar-refractivity contribution in [1.29, 1.82) is 0 Å². The molecule has 4 aromatic rings. The van der Waals surface area contributed by atoms with Crippen molar-refractivity contribution in [3.05, 3.63) is 144 Å². The average Bonchev–Trinajstić information content (AvgIpc) is 3.01. The predicted octanol–water partition coefficient (Wildman–Crippen LogP) is 6.65. The van der Waals surface area contributed by atoms with Gasteiger partial charge in [-0.1, -0.05) is 121 Å². The molecule has 0 aliphatic carbocycles. The van der Waals surface area contributed by atoms with Gasteiger partial charge in [0.1, 0.15) is 24.4 Å². The summed E-state index contributed by atoms with van der Waals surface area (Å²) in [5.41, 5.74) is 3.94. The third-order valence-corrected chi connectivity index (χ3v) is 6.83. The van der Waals surface area contributed by atoms with E-state index in [0.717, 1.165) is 22.3 Å². The maximum Gasteiger partial charge on any atom is 0.228 e. The van der Waals surface area contributed by atoms with Crippen LogP contribution in [-0.2, 0) is 50.1 Å². The topological polar surface area (TPSA) is 46.2 Å². The predicted molar refractivity (Wildman–Crippen MR) is 151 cm³/mol. The first-order valence-corrected chi connectivity index (χ1v) is 13.6. The second kappa shape index (κ2) is 14.8. The lowest BCUT2D eigenvalue weighted by Gasteiger charge is -2.43. The van der Waals surface area contributed by atoms with Gasteiger partial charge < -0.3 is 23.7 Å². The number of alkyl halides is 1. The zero-order chi connectivity index (χ0) is 27.4. The van der Waals surface area contributed by atoms with Crippen molar-refractivity contribution in [2.45, 2.75) is 57.2 Å². The Hall–Kier alpha value is -3.39. The Bertz CT molecular complexity index is 1240. The Labute approximate surface area is 235 Å². The Morgan fingerprint density at radius 2 is 0.850 bits per heavy atom. The number of hydrogen-bond acceptors (Lipinski definition) is 5. The molecule has 1 fully saturated rings. The van der Waals surface area contributed by atoms with Gasteiger partial charge in [-0.05, 0) is 22.3 Å². The monoisotopic (exact) mass is 542 g/mol. The van der Waals surface area contributed by atoms with Crippen LogP contribution in [0.2, 0.25) is 0 Å². The van der Waals surface area contributed by atoms with Gasteiger partial charge in [-0.25, -0.2) is 4.39 Å². The molecule has 208 valence electrons. The Morgan fingerprint density at radius 3 is 1.30 bits per heavy atom. The summed E-state index contributed by atoms with van der Waals surface area (Å²) in [7, 11) is 0. The van der Waals surface area contributed by atoms with Crippen molar-refractivity contribution in [2.24, 2.45) is 0 Å². The minimum atomic E-state index is -1.72. The van der Waals surface area contributed by atoms with Crippen LogP contribution in [0.5, 0.6) is 0 Å². The summed E-state index contributed by atoms with van der Waals surface area (Å²) in [5.74, 6) is 0. The van der Waals surface area contributed by atoms with Gasteiger partial charge in [-0.15, -0.1) is 0 Å². The minimum absolute atomic E-state index is 0.144. The molecule has 0 radical (unpaired) electrons. The van der Waals surface area contributed by atoms with Gasteiger partial charge in [0, 0.05) is 0 Å². The minimum Gasteiger partial charge on any atom is -0.374 e. The third-order valence-electron chi connectivity index (χ3n) is 6.83. The molecule has 0 spiro atoms. The largest absolute Gasteiger partial charge is 0.374 e. The van der Waals surface area contributed by atoms with Crippen molar-refractivity contribution in [2.75, 3.05) is 6.61 Å². The fourth-order valence-corrected chi connectivity index (χ4v) is 4.73. The van der Waals surface area contributed by atoms with E-state index >= 15 is 4.39 Å². The van der Waals surface area contributed by atoms with Crippen LogP contribution in [0.3, 0.4) is 0 Å². The molecule has 1 aliphatic heterocycles. The van der Waals surface area contributed by atoms with E-state index in [1.54, 1.807) is 0 Å². The van der Waals surface area contributed by atoms with Crippen molar-refractivity contribution >= 4 is 0 Å². The number of halogens is 1. The SMILES string of the molecule is FC1OC(COCc2ccccc2)C(OCc2ccccc2)C(OCc2ccccc2)C1OCc1ccccc1. The molecule has 5 atom stereocenters. The van der Waals surface area contributed by atoms with Crippen molar-refractivity contribution in [1.82, 2.24) is 0 Å². The van der Waals surface area contributed by atoms with Gasteiger partial charge >= 0.3 is 0 Å². The molecule has 0 N–H and O–H groups in total. The molecule has 4 aromatic carbocycles. The van der Waals surface area contributed by atoms with E-state index in [0.29, 0.717) is 13.2 Å². The fraction of sp³-hybridized carbons (Fsp3) is 0.294. The van der Waals surface area contributed by atoms with E-state index in [1.165, 1.54) is 0 Å². The van der Waals surface area contributed by atoms with E-state index in [4.69, 9.17) is 23.7 Å². The molecule has 0 bridgehead atoms. The van der Waals surface area contributed by atoms with Crippen molar-refractivity contribution < 1.29 is 28.1 Å². The van der Waals surface area contributed by atoms with Crippen LogP contribution in [0.1, 0.15) is 22.3 Å². The summed E-state index contributed by atoms with van der Waals surface area (Å²) in [4.78, 5) is 0. The summed E-state index contributed by atoms with van der Waals surface area (Å²) in [6.45, 7) is 1.35. The lowest BCUT2D eigenvalue weighted by Crippen LogP contribution is -2.60. The zero-order valence-corrected chi connectivity index (χ0v) is 22.4. The van der Waals surface area contributed by atoms with Gasteiger partial charge in [-0.2, -0.15) is 0 Å². The summed E-state index contributed by atoms with van der Waals surface area (Å²) >= 11 is 0. The summed E-state index contributed by atoms with van der Waals surface area (Å²) in [5, 5.41) is 0. The second-order valence-corrected chi connectivity index (χ2v) is 9.81. The van der Waals surface area contributed by atoms with Gasteiger partial charge in [0.05, 0.1) is 33.0 Å². The van der Waals surface area contributed by atoms with E-state index in [2.05, 4.69) is 0 Å². The van der Waals surface area contributed by atoms with Crippen LogP contribution in [0, 0.1) is 0 Å². The highest BCUT2D eigenvalue weighted by atomic mass is 19.1. The molecule has 1 saturated heterocycles. The number of benzene rings is 4. The van der Waals surface area contributed by atoms with Crippen LogP contribution >= 0.6 is 0 Å². The highest BCUT2D eigenvalue weighted by Gasteiger charge is 2.48. The molecule has 5 unspecified atom stereocenters. The third kappa shape index (κ3) is 8.07. The standard InChI is InChI=1S/C34H35FO5/c35-34-33(39-24-29-19-11-4-12-20-29)32(38-23-28-17-9-3-10-18-28)31(37-22-27-15-7-2-8-16-27)30(40-34)25-36-21-26-13-5-1-6-14-26/h1-20,30-34H,21-25H2. The molecule has 0 amide bonds. The summed E-state index contributed by atoms with van der Waals surface area (Å²) in [6.07, 6.45) is -4.77.